The van der Waals surface area contributed by atoms with Crippen molar-refractivity contribution in [2.75, 3.05) is 6.61 Å². The average molecular weight is 316 g/mol. The summed E-state index contributed by atoms with van der Waals surface area (Å²) in [5.74, 6) is -0.525. The minimum atomic E-state index is -0.662. The summed E-state index contributed by atoms with van der Waals surface area (Å²) >= 11 is 5.80. The number of carbonyl (C=O) groups is 1. The number of halogens is 2. The van der Waals surface area contributed by atoms with Crippen molar-refractivity contribution in [1.29, 1.82) is 0 Å². The van der Waals surface area contributed by atoms with Crippen LogP contribution in [0.1, 0.15) is 32.6 Å². The first-order valence-corrected chi connectivity index (χ1v) is 7.48. The van der Waals surface area contributed by atoms with Gasteiger partial charge in [0.25, 0.3) is 0 Å². The molecular weight excluding hydrogens is 297 g/mol. The maximum absolute atomic E-state index is 13.6. The number of nitrogens with one attached hydrogen (secondary N) is 2. The van der Waals surface area contributed by atoms with Crippen LogP contribution in [0.4, 0.5) is 4.39 Å². The molecule has 0 spiro atoms. The maximum Gasteiger partial charge on any atom is 0.330 e. The lowest BCUT2D eigenvalue weighted by Gasteiger charge is -2.29. The monoisotopic (exact) mass is 315 g/mol. The van der Waals surface area contributed by atoms with Crippen LogP contribution < -0.4 is 10.6 Å². The highest BCUT2D eigenvalue weighted by atomic mass is 35.5. The van der Waals surface area contributed by atoms with Gasteiger partial charge in [-0.2, -0.15) is 0 Å². The van der Waals surface area contributed by atoms with Gasteiger partial charge in [-0.3, -0.25) is 0 Å². The highest BCUT2D eigenvalue weighted by Crippen LogP contribution is 2.25. The number of aliphatic imine (C=N–C) groups is 1. The predicted molar refractivity (Wildman–Crippen MR) is 79.5 cm³/mol. The van der Waals surface area contributed by atoms with Gasteiger partial charge in [0.1, 0.15) is 5.82 Å². The molecular formula is C14H19ClFN3O2. The quantitative estimate of drug-likeness (QED) is 0.362. The highest BCUT2D eigenvalue weighted by molar-refractivity contribution is 6.21. The lowest BCUT2D eigenvalue weighted by molar-refractivity contribution is -0.137. The molecule has 1 aliphatic heterocycles. The van der Waals surface area contributed by atoms with Crippen LogP contribution in [-0.4, -0.2) is 30.5 Å². The third kappa shape index (κ3) is 4.74. The van der Waals surface area contributed by atoms with Gasteiger partial charge in [0, 0.05) is 12.1 Å². The van der Waals surface area contributed by atoms with Crippen LogP contribution in [0, 0.1) is 0 Å². The molecule has 0 amide bonds. The number of allylic oxidation sites excluding steroid dienone is 1. The molecule has 1 saturated carbocycles. The summed E-state index contributed by atoms with van der Waals surface area (Å²) in [6.45, 7) is 2.14. The third-order valence-corrected chi connectivity index (χ3v) is 3.56. The number of carbonyl (C=O) groups excluding carboxylic acids is 1. The second-order valence-electron chi connectivity index (χ2n) is 4.97. The zero-order chi connectivity index (χ0) is 15.2. The van der Waals surface area contributed by atoms with Gasteiger partial charge in [0.05, 0.1) is 12.8 Å². The first-order chi connectivity index (χ1) is 10.1. The molecule has 5 nitrogen and oxygen atoms in total. The Morgan fingerprint density at radius 3 is 3.29 bits per heavy atom. The van der Waals surface area contributed by atoms with E-state index < -0.39 is 11.5 Å². The number of rotatable bonds is 4. The number of esters is 1. The molecule has 0 aromatic heterocycles. The van der Waals surface area contributed by atoms with Crippen molar-refractivity contribution in [3.8, 4) is 0 Å². The molecule has 0 saturated heterocycles. The van der Waals surface area contributed by atoms with E-state index in [1.165, 1.54) is 0 Å². The molecule has 1 aliphatic carbocycles. The molecule has 1 heterocycles. The molecule has 116 valence electrons. The molecule has 0 bridgehead atoms. The van der Waals surface area contributed by atoms with Crippen LogP contribution in [0.5, 0.6) is 0 Å². The van der Waals surface area contributed by atoms with Crippen molar-refractivity contribution >= 4 is 23.8 Å². The van der Waals surface area contributed by atoms with Crippen LogP contribution in [0.15, 0.2) is 28.3 Å². The second kappa shape index (κ2) is 7.45. The van der Waals surface area contributed by atoms with Crippen LogP contribution in [0.3, 0.4) is 0 Å². The molecule has 7 heteroatoms. The van der Waals surface area contributed by atoms with Gasteiger partial charge in [-0.25, -0.2) is 14.2 Å². The molecule has 21 heavy (non-hydrogen) atoms. The first kappa shape index (κ1) is 15.8. The molecule has 1 unspecified atom stereocenters. The molecule has 2 N–H and O–H groups in total. The summed E-state index contributed by atoms with van der Waals surface area (Å²) < 4.78 is 18.6. The van der Waals surface area contributed by atoms with Crippen LogP contribution >= 0.6 is 11.6 Å². The largest absolute Gasteiger partial charge is 0.463 e. The summed E-state index contributed by atoms with van der Waals surface area (Å²) in [7, 11) is 0. The van der Waals surface area contributed by atoms with Crippen molar-refractivity contribution in [3.05, 3.63) is 23.3 Å². The van der Waals surface area contributed by atoms with Crippen molar-refractivity contribution < 1.29 is 13.9 Å². The number of hydrogen-bond donors (Lipinski definition) is 2. The molecule has 0 aromatic carbocycles. The number of nitrogens with zero attached hydrogens (tertiary/aromatic N) is 1. The Kier molecular flexibility index (Phi) is 5.61. The highest BCUT2D eigenvalue weighted by Gasteiger charge is 2.22. The van der Waals surface area contributed by atoms with Gasteiger partial charge in [-0.1, -0.05) is 17.2 Å². The lowest BCUT2D eigenvalue weighted by atomic mass is 9.90. The van der Waals surface area contributed by atoms with E-state index in [1.54, 1.807) is 13.0 Å². The fraction of sp³-hybridized carbons (Fsp3) is 0.571. The minimum absolute atomic E-state index is 0.0584. The molecule has 0 aromatic rings. The van der Waals surface area contributed by atoms with E-state index in [4.69, 9.17) is 16.3 Å². The first-order valence-electron chi connectivity index (χ1n) is 7.04. The van der Waals surface area contributed by atoms with E-state index in [9.17, 15) is 9.18 Å². The number of alkyl halides is 1. The van der Waals surface area contributed by atoms with Gasteiger partial charge in [0.2, 0.25) is 0 Å². The SMILES string of the molecule is CCOC(=O)C=C1CCC[C@H](NC2=C(F)C=NC(Cl)N2)C1. The summed E-state index contributed by atoms with van der Waals surface area (Å²) in [4.78, 5) is 15.2. The smallest absolute Gasteiger partial charge is 0.330 e. The summed E-state index contributed by atoms with van der Waals surface area (Å²) in [6, 6.07) is 0.0584. The van der Waals surface area contributed by atoms with Crippen LogP contribution in [-0.2, 0) is 9.53 Å². The fourth-order valence-corrected chi connectivity index (χ4v) is 2.60. The number of ether oxygens (including phenoxy) is 1. The Hall–Kier alpha value is -1.56. The topological polar surface area (TPSA) is 62.7 Å². The minimum Gasteiger partial charge on any atom is -0.463 e. The Labute approximate surface area is 128 Å². The fourth-order valence-electron chi connectivity index (χ4n) is 2.44. The Bertz CT molecular complexity index is 491. The van der Waals surface area contributed by atoms with E-state index in [0.717, 1.165) is 31.1 Å². The Morgan fingerprint density at radius 1 is 1.71 bits per heavy atom. The standard InChI is InChI=1S/C14H19ClFN3O2/c1-2-21-12(20)7-9-4-3-5-10(6-9)18-13-11(16)8-17-14(15)19-13/h7-8,10,14,18-19H,2-6H2,1H3/t10-,14?/m0/s1. The molecule has 2 aliphatic rings. The Morgan fingerprint density at radius 2 is 2.52 bits per heavy atom. The molecule has 2 rings (SSSR count). The summed E-state index contributed by atoms with van der Waals surface area (Å²) in [6.07, 6.45) is 6.04. The van der Waals surface area contributed by atoms with Gasteiger partial charge in [-0.05, 0) is 32.6 Å². The van der Waals surface area contributed by atoms with E-state index in [-0.39, 0.29) is 17.8 Å². The lowest BCUT2D eigenvalue weighted by Crippen LogP contribution is -2.41. The van der Waals surface area contributed by atoms with Gasteiger partial charge in [-0.15, -0.1) is 0 Å². The number of hydrogen-bond acceptors (Lipinski definition) is 5. The second-order valence-corrected chi connectivity index (χ2v) is 5.39. The zero-order valence-electron chi connectivity index (χ0n) is 11.9. The molecule has 1 fully saturated rings. The van der Waals surface area contributed by atoms with Crippen molar-refractivity contribution in [3.63, 3.8) is 0 Å². The van der Waals surface area contributed by atoms with Crippen LogP contribution in [0.2, 0.25) is 0 Å². The van der Waals surface area contributed by atoms with Crippen molar-refractivity contribution in [2.45, 2.75) is 44.3 Å². The molecule has 2 atom stereocenters. The third-order valence-electron chi connectivity index (χ3n) is 3.34. The van der Waals surface area contributed by atoms with Crippen LogP contribution in [0.25, 0.3) is 0 Å². The van der Waals surface area contributed by atoms with E-state index in [2.05, 4.69) is 15.6 Å². The summed E-state index contributed by atoms with van der Waals surface area (Å²) in [5.41, 5.74) is 0.357. The van der Waals surface area contributed by atoms with Crippen molar-refractivity contribution in [2.24, 2.45) is 4.99 Å². The normalized spacial score (nSPS) is 27.5. The van der Waals surface area contributed by atoms with Gasteiger partial charge < -0.3 is 15.4 Å². The van der Waals surface area contributed by atoms with Gasteiger partial charge >= 0.3 is 5.97 Å². The average Bonchev–Trinajstić information content (AvgIpc) is 2.43. The molecule has 0 radical (unpaired) electrons. The van der Waals surface area contributed by atoms with Gasteiger partial charge in [0.15, 0.2) is 11.5 Å². The van der Waals surface area contributed by atoms with E-state index in [1.807, 2.05) is 0 Å². The predicted octanol–water partition coefficient (Wildman–Crippen LogP) is 2.34. The summed E-state index contributed by atoms with van der Waals surface area (Å²) in [5, 5.41) is 5.84. The Balaban J connectivity index is 1.95. The maximum atomic E-state index is 13.6. The zero-order valence-corrected chi connectivity index (χ0v) is 12.6. The van der Waals surface area contributed by atoms with E-state index >= 15 is 0 Å². The van der Waals surface area contributed by atoms with Crippen molar-refractivity contribution in [1.82, 2.24) is 10.6 Å². The van der Waals surface area contributed by atoms with E-state index in [0.29, 0.717) is 13.0 Å².